The molecule has 4 rings (SSSR count). The van der Waals surface area contributed by atoms with Gasteiger partial charge in [0, 0.05) is 43.4 Å². The van der Waals surface area contributed by atoms with Crippen molar-refractivity contribution in [2.45, 2.75) is 44.1 Å². The highest BCUT2D eigenvalue weighted by molar-refractivity contribution is 7.13. The highest BCUT2D eigenvalue weighted by Gasteiger charge is 2.35. The first-order chi connectivity index (χ1) is 13.9. The van der Waals surface area contributed by atoms with E-state index in [1.807, 2.05) is 4.90 Å². The molecule has 2 aromatic rings. The van der Waals surface area contributed by atoms with Gasteiger partial charge in [0.05, 0.1) is 13.2 Å². The fourth-order valence-corrected chi connectivity index (χ4v) is 4.18. The zero-order valence-electron chi connectivity index (χ0n) is 15.6. The smallest absolute Gasteiger partial charge is 0.281 e. The second-order valence-electron chi connectivity index (χ2n) is 7.19. The third-order valence-electron chi connectivity index (χ3n) is 5.05. The molecule has 1 aliphatic heterocycles. The average Bonchev–Trinajstić information content (AvgIpc) is 3.21. The number of alkyl halides is 4. The van der Waals surface area contributed by atoms with Crippen LogP contribution < -0.4 is 10.2 Å². The topological polar surface area (TPSA) is 63.2 Å². The standard InChI is InChI=1S/C18H21F4N5OS/c19-15(20)12-10-29-17(24-12)16-25-13(23-11-1-3-18(21,22)4-2-11)9-14(26-16)27-5-7-28-8-6-27/h9-11,15H,1-8H2,(H,23,25,26). The van der Waals surface area contributed by atoms with Gasteiger partial charge < -0.3 is 15.0 Å². The first-order valence-electron chi connectivity index (χ1n) is 9.50. The van der Waals surface area contributed by atoms with E-state index in [0.29, 0.717) is 55.8 Å². The van der Waals surface area contributed by atoms with E-state index >= 15 is 0 Å². The van der Waals surface area contributed by atoms with Gasteiger partial charge in [0.15, 0.2) is 10.8 Å². The number of anilines is 2. The van der Waals surface area contributed by atoms with Crippen molar-refractivity contribution < 1.29 is 22.3 Å². The molecule has 1 aliphatic carbocycles. The Balaban J connectivity index is 1.60. The molecule has 1 N–H and O–H groups in total. The summed E-state index contributed by atoms with van der Waals surface area (Å²) in [6.07, 6.45) is -2.31. The molecule has 1 saturated carbocycles. The maximum absolute atomic E-state index is 13.4. The van der Waals surface area contributed by atoms with E-state index in [0.717, 1.165) is 11.3 Å². The van der Waals surface area contributed by atoms with E-state index in [-0.39, 0.29) is 30.4 Å². The predicted molar refractivity (Wildman–Crippen MR) is 102 cm³/mol. The zero-order chi connectivity index (χ0) is 20.4. The Morgan fingerprint density at radius 1 is 1.14 bits per heavy atom. The molecule has 29 heavy (non-hydrogen) atoms. The number of nitrogens with zero attached hydrogens (tertiary/aromatic N) is 4. The minimum atomic E-state index is -2.66. The first-order valence-corrected chi connectivity index (χ1v) is 10.4. The zero-order valence-corrected chi connectivity index (χ0v) is 16.4. The molecule has 0 amide bonds. The first kappa shape index (κ1) is 20.3. The summed E-state index contributed by atoms with van der Waals surface area (Å²) in [4.78, 5) is 14.9. The molecule has 2 aromatic heterocycles. The quantitative estimate of drug-likeness (QED) is 0.710. The van der Waals surface area contributed by atoms with Crippen LogP contribution in [0.1, 0.15) is 37.8 Å². The number of morpholine rings is 1. The fourth-order valence-electron chi connectivity index (χ4n) is 3.44. The maximum Gasteiger partial charge on any atom is 0.281 e. The van der Waals surface area contributed by atoms with Crippen LogP contribution in [0.5, 0.6) is 0 Å². The summed E-state index contributed by atoms with van der Waals surface area (Å²) in [5.41, 5.74) is -0.311. The van der Waals surface area contributed by atoms with Crippen LogP contribution in [0.25, 0.3) is 10.8 Å². The van der Waals surface area contributed by atoms with Gasteiger partial charge in [-0.15, -0.1) is 11.3 Å². The second kappa shape index (κ2) is 8.39. The molecule has 3 heterocycles. The molecule has 0 radical (unpaired) electrons. The summed E-state index contributed by atoms with van der Waals surface area (Å²) in [7, 11) is 0. The summed E-state index contributed by atoms with van der Waals surface area (Å²) in [6.45, 7) is 2.41. The van der Waals surface area contributed by atoms with Gasteiger partial charge in [-0.1, -0.05) is 0 Å². The third kappa shape index (κ3) is 4.95. The van der Waals surface area contributed by atoms with Gasteiger partial charge in [-0.25, -0.2) is 32.5 Å². The molecule has 2 aliphatic rings. The Kier molecular flexibility index (Phi) is 5.86. The number of thiazole rings is 1. The van der Waals surface area contributed by atoms with Crippen molar-refractivity contribution >= 4 is 23.0 Å². The van der Waals surface area contributed by atoms with Gasteiger partial charge in [-0.05, 0) is 12.8 Å². The lowest BCUT2D eigenvalue weighted by Gasteiger charge is -2.30. The monoisotopic (exact) mass is 431 g/mol. The lowest BCUT2D eigenvalue weighted by atomic mass is 9.92. The lowest BCUT2D eigenvalue weighted by molar-refractivity contribution is -0.0361. The van der Waals surface area contributed by atoms with Crippen LogP contribution in [-0.4, -0.2) is 53.2 Å². The van der Waals surface area contributed by atoms with E-state index in [4.69, 9.17) is 4.74 Å². The second-order valence-corrected chi connectivity index (χ2v) is 8.05. The van der Waals surface area contributed by atoms with Crippen molar-refractivity contribution in [3.05, 3.63) is 17.1 Å². The van der Waals surface area contributed by atoms with E-state index < -0.39 is 12.3 Å². The van der Waals surface area contributed by atoms with E-state index in [1.165, 1.54) is 5.38 Å². The number of aromatic nitrogens is 3. The third-order valence-corrected chi connectivity index (χ3v) is 5.91. The largest absolute Gasteiger partial charge is 0.378 e. The molecule has 0 atom stereocenters. The molecule has 0 unspecified atom stereocenters. The normalized spacial score (nSPS) is 20.2. The van der Waals surface area contributed by atoms with Crippen molar-refractivity contribution in [3.63, 3.8) is 0 Å². The summed E-state index contributed by atoms with van der Waals surface area (Å²) in [5, 5.41) is 4.82. The van der Waals surface area contributed by atoms with Crippen LogP contribution >= 0.6 is 11.3 Å². The molecule has 2 fully saturated rings. The minimum absolute atomic E-state index is 0.122. The molecule has 1 saturated heterocycles. The maximum atomic E-state index is 13.4. The van der Waals surface area contributed by atoms with E-state index in [2.05, 4.69) is 20.3 Å². The van der Waals surface area contributed by atoms with Crippen LogP contribution in [0.15, 0.2) is 11.4 Å². The molecule has 0 spiro atoms. The van der Waals surface area contributed by atoms with Crippen LogP contribution in [0.3, 0.4) is 0 Å². The van der Waals surface area contributed by atoms with Crippen molar-refractivity contribution in [1.82, 2.24) is 15.0 Å². The Labute approximate surface area is 169 Å². The lowest BCUT2D eigenvalue weighted by Crippen LogP contribution is -2.37. The van der Waals surface area contributed by atoms with Crippen molar-refractivity contribution in [2.24, 2.45) is 0 Å². The van der Waals surface area contributed by atoms with Gasteiger partial charge in [0.2, 0.25) is 5.92 Å². The molecule has 11 heteroatoms. The van der Waals surface area contributed by atoms with Crippen LogP contribution in [-0.2, 0) is 4.74 Å². The fraction of sp³-hybridized carbons (Fsp3) is 0.611. The Bertz CT molecular complexity index is 833. The SMILES string of the molecule is FC(F)c1csc(-c2nc(NC3CCC(F)(F)CC3)cc(N3CCOCC3)n2)n1. The number of hydrogen-bond acceptors (Lipinski definition) is 7. The van der Waals surface area contributed by atoms with Crippen LogP contribution in [0.2, 0.25) is 0 Å². The molecular formula is C18H21F4N5OS. The number of halogens is 4. The number of hydrogen-bond donors (Lipinski definition) is 1. The molecule has 0 aromatic carbocycles. The van der Waals surface area contributed by atoms with E-state index in [9.17, 15) is 17.6 Å². The van der Waals surface area contributed by atoms with Crippen LogP contribution in [0, 0.1) is 0 Å². The molecular weight excluding hydrogens is 410 g/mol. The number of rotatable bonds is 5. The highest BCUT2D eigenvalue weighted by atomic mass is 32.1. The molecule has 6 nitrogen and oxygen atoms in total. The average molecular weight is 431 g/mol. The predicted octanol–water partition coefficient (Wildman–Crippen LogP) is 4.36. The van der Waals surface area contributed by atoms with Gasteiger partial charge in [0.1, 0.15) is 17.3 Å². The number of ether oxygens (including phenoxy) is 1. The minimum Gasteiger partial charge on any atom is -0.378 e. The van der Waals surface area contributed by atoms with Crippen molar-refractivity contribution in [3.8, 4) is 10.8 Å². The van der Waals surface area contributed by atoms with Gasteiger partial charge in [-0.3, -0.25) is 0 Å². The Hall–Kier alpha value is -2.01. The van der Waals surface area contributed by atoms with Crippen molar-refractivity contribution in [1.29, 1.82) is 0 Å². The Morgan fingerprint density at radius 2 is 1.86 bits per heavy atom. The molecule has 158 valence electrons. The summed E-state index contributed by atoms with van der Waals surface area (Å²) < 4.78 is 58.1. The summed E-state index contributed by atoms with van der Waals surface area (Å²) in [5.74, 6) is -1.24. The van der Waals surface area contributed by atoms with Gasteiger partial charge >= 0.3 is 0 Å². The Morgan fingerprint density at radius 3 is 2.52 bits per heavy atom. The van der Waals surface area contributed by atoms with Crippen molar-refractivity contribution in [2.75, 3.05) is 36.5 Å². The van der Waals surface area contributed by atoms with Gasteiger partial charge in [0.25, 0.3) is 6.43 Å². The summed E-state index contributed by atoms with van der Waals surface area (Å²) in [6, 6.07) is 1.64. The number of nitrogens with one attached hydrogen (secondary N) is 1. The summed E-state index contributed by atoms with van der Waals surface area (Å²) >= 11 is 1.05. The highest BCUT2D eigenvalue weighted by Crippen LogP contribution is 2.35. The van der Waals surface area contributed by atoms with Gasteiger partial charge in [-0.2, -0.15) is 0 Å². The molecule has 0 bridgehead atoms. The van der Waals surface area contributed by atoms with Crippen LogP contribution in [0.4, 0.5) is 29.2 Å². The van der Waals surface area contributed by atoms with E-state index in [1.54, 1.807) is 6.07 Å².